The molecule has 0 saturated carbocycles. The Labute approximate surface area is 232 Å². The molecule has 0 fully saturated rings. The number of carbonyl (C=O) groups is 2. The Morgan fingerprint density at radius 3 is 2.23 bits per heavy atom. The van der Waals surface area contributed by atoms with Gasteiger partial charge in [0.25, 0.3) is 11.8 Å². The van der Waals surface area contributed by atoms with Crippen molar-refractivity contribution in [2.75, 3.05) is 18.8 Å². The molecule has 0 aliphatic heterocycles. The summed E-state index contributed by atoms with van der Waals surface area (Å²) >= 11 is 0. The third-order valence-electron chi connectivity index (χ3n) is 6.18. The maximum Gasteiger partial charge on any atom is 0.253 e. The SMILES string of the molecule is CCCN(CCC)C(=O)c1cc(C)cc(C(=O)NC(Cc2cc(F)cc(F)c2)C(O)CS(=O)(=O)c2ncc[nH]2)c1. The minimum atomic E-state index is -4.08. The topological polar surface area (TPSA) is 132 Å². The molecule has 12 heteroatoms. The number of aromatic nitrogens is 2. The first-order chi connectivity index (χ1) is 18.9. The molecule has 2 atom stereocenters. The van der Waals surface area contributed by atoms with E-state index in [2.05, 4.69) is 15.3 Å². The molecular formula is C28H34F2N4O5S. The summed E-state index contributed by atoms with van der Waals surface area (Å²) in [4.78, 5) is 34.4. The lowest BCUT2D eigenvalue weighted by molar-refractivity contribution is 0.0755. The number of hydrogen-bond donors (Lipinski definition) is 3. The number of halogens is 2. The Kier molecular flexibility index (Phi) is 10.5. The van der Waals surface area contributed by atoms with Gasteiger partial charge in [0.15, 0.2) is 0 Å². The summed E-state index contributed by atoms with van der Waals surface area (Å²) in [6.07, 6.45) is 2.16. The summed E-state index contributed by atoms with van der Waals surface area (Å²) < 4.78 is 53.2. The van der Waals surface area contributed by atoms with E-state index in [-0.39, 0.29) is 28.6 Å². The van der Waals surface area contributed by atoms with E-state index in [0.717, 1.165) is 25.0 Å². The van der Waals surface area contributed by atoms with Crippen LogP contribution < -0.4 is 5.32 Å². The van der Waals surface area contributed by atoms with Gasteiger partial charge in [-0.05, 0) is 67.6 Å². The summed E-state index contributed by atoms with van der Waals surface area (Å²) in [5, 5.41) is 13.2. The lowest BCUT2D eigenvalue weighted by Gasteiger charge is -2.25. The number of H-pyrrole nitrogens is 1. The van der Waals surface area contributed by atoms with Crippen molar-refractivity contribution in [2.24, 2.45) is 0 Å². The summed E-state index contributed by atoms with van der Waals surface area (Å²) in [5.41, 5.74) is 1.19. The van der Waals surface area contributed by atoms with Gasteiger partial charge >= 0.3 is 0 Å². The van der Waals surface area contributed by atoms with Crippen molar-refractivity contribution in [3.8, 4) is 0 Å². The van der Waals surface area contributed by atoms with E-state index < -0.39 is 45.3 Å². The highest BCUT2D eigenvalue weighted by Crippen LogP contribution is 2.17. The van der Waals surface area contributed by atoms with E-state index in [0.29, 0.717) is 30.3 Å². The zero-order valence-electron chi connectivity index (χ0n) is 22.7. The molecule has 40 heavy (non-hydrogen) atoms. The van der Waals surface area contributed by atoms with Gasteiger partial charge in [-0.15, -0.1) is 0 Å². The average Bonchev–Trinajstić information content (AvgIpc) is 3.43. The number of aromatic amines is 1. The van der Waals surface area contributed by atoms with E-state index in [1.807, 2.05) is 13.8 Å². The predicted octanol–water partition coefficient (Wildman–Crippen LogP) is 3.43. The Balaban J connectivity index is 1.91. The van der Waals surface area contributed by atoms with Crippen LogP contribution in [0.15, 0.2) is 53.9 Å². The predicted molar refractivity (Wildman–Crippen MR) is 146 cm³/mol. The number of carbonyl (C=O) groups excluding carboxylic acids is 2. The summed E-state index contributed by atoms with van der Waals surface area (Å²) in [6.45, 7) is 6.78. The van der Waals surface area contributed by atoms with E-state index in [1.54, 1.807) is 24.0 Å². The Bertz CT molecular complexity index is 1400. The molecule has 3 N–H and O–H groups in total. The molecule has 2 unspecified atom stereocenters. The second-order valence-corrected chi connectivity index (χ2v) is 11.6. The van der Waals surface area contributed by atoms with Crippen molar-refractivity contribution in [1.29, 1.82) is 0 Å². The lowest BCUT2D eigenvalue weighted by Crippen LogP contribution is -2.47. The smallest absolute Gasteiger partial charge is 0.253 e. The second-order valence-electron chi connectivity index (χ2n) is 9.68. The van der Waals surface area contributed by atoms with Gasteiger partial charge in [0.1, 0.15) is 11.6 Å². The minimum Gasteiger partial charge on any atom is -0.390 e. The van der Waals surface area contributed by atoms with Gasteiger partial charge in [0, 0.05) is 42.7 Å². The molecule has 1 aromatic heterocycles. The second kappa shape index (κ2) is 13.6. The largest absolute Gasteiger partial charge is 0.390 e. The Hall–Kier alpha value is -3.64. The lowest BCUT2D eigenvalue weighted by atomic mass is 10.00. The highest BCUT2D eigenvalue weighted by Gasteiger charge is 2.30. The van der Waals surface area contributed by atoms with Crippen LogP contribution in [0.5, 0.6) is 0 Å². The van der Waals surface area contributed by atoms with Crippen LogP contribution in [0.1, 0.15) is 58.5 Å². The third-order valence-corrected chi connectivity index (χ3v) is 7.77. The number of rotatable bonds is 13. The highest BCUT2D eigenvalue weighted by atomic mass is 32.2. The van der Waals surface area contributed by atoms with E-state index in [4.69, 9.17) is 0 Å². The number of aryl methyl sites for hydroxylation is 1. The maximum atomic E-state index is 13.9. The first-order valence-corrected chi connectivity index (χ1v) is 14.7. The van der Waals surface area contributed by atoms with Crippen LogP contribution in [0.25, 0.3) is 0 Å². The van der Waals surface area contributed by atoms with Crippen LogP contribution in [-0.4, -0.2) is 71.2 Å². The third kappa shape index (κ3) is 8.18. The number of aliphatic hydroxyl groups excluding tert-OH is 1. The van der Waals surface area contributed by atoms with Gasteiger partial charge in [0.05, 0.1) is 17.9 Å². The van der Waals surface area contributed by atoms with Crippen LogP contribution in [0.2, 0.25) is 0 Å². The molecular weight excluding hydrogens is 542 g/mol. The van der Waals surface area contributed by atoms with Crippen LogP contribution >= 0.6 is 0 Å². The van der Waals surface area contributed by atoms with Gasteiger partial charge in [-0.3, -0.25) is 9.59 Å². The first-order valence-electron chi connectivity index (χ1n) is 13.0. The number of nitrogens with zero attached hydrogens (tertiary/aromatic N) is 2. The van der Waals surface area contributed by atoms with Crippen molar-refractivity contribution in [1.82, 2.24) is 20.2 Å². The normalized spacial score (nSPS) is 13.1. The number of imidazole rings is 1. The molecule has 0 radical (unpaired) electrons. The maximum absolute atomic E-state index is 13.9. The molecule has 9 nitrogen and oxygen atoms in total. The van der Waals surface area contributed by atoms with Crippen LogP contribution in [0.3, 0.4) is 0 Å². The zero-order chi connectivity index (χ0) is 29.4. The van der Waals surface area contributed by atoms with Crippen molar-refractivity contribution < 1.29 is 31.9 Å². The monoisotopic (exact) mass is 576 g/mol. The molecule has 2 aromatic carbocycles. The molecule has 2 amide bonds. The Morgan fingerprint density at radius 2 is 1.65 bits per heavy atom. The minimum absolute atomic E-state index is 0.104. The van der Waals surface area contributed by atoms with Gasteiger partial charge in [-0.1, -0.05) is 13.8 Å². The molecule has 1 heterocycles. The van der Waals surface area contributed by atoms with E-state index in [9.17, 15) is 31.9 Å². The summed E-state index contributed by atoms with van der Waals surface area (Å²) in [5.74, 6) is -3.44. The van der Waals surface area contributed by atoms with Gasteiger partial charge < -0.3 is 20.3 Å². The zero-order valence-corrected chi connectivity index (χ0v) is 23.5. The van der Waals surface area contributed by atoms with E-state index >= 15 is 0 Å². The number of aliphatic hydroxyl groups is 1. The fourth-order valence-electron chi connectivity index (χ4n) is 4.43. The van der Waals surface area contributed by atoms with Crippen molar-refractivity contribution >= 4 is 21.7 Å². The fraction of sp³-hybridized carbons (Fsp3) is 0.393. The van der Waals surface area contributed by atoms with E-state index in [1.165, 1.54) is 18.5 Å². The first kappa shape index (κ1) is 30.9. The molecule has 216 valence electrons. The molecule has 0 saturated heterocycles. The van der Waals surface area contributed by atoms with Crippen molar-refractivity contribution in [2.45, 2.75) is 57.3 Å². The highest BCUT2D eigenvalue weighted by molar-refractivity contribution is 7.91. The molecule has 3 aromatic rings. The van der Waals surface area contributed by atoms with Gasteiger partial charge in [0.2, 0.25) is 15.0 Å². The van der Waals surface area contributed by atoms with Crippen LogP contribution in [0.4, 0.5) is 8.78 Å². The van der Waals surface area contributed by atoms with Gasteiger partial charge in [-0.25, -0.2) is 22.2 Å². The number of amides is 2. The summed E-state index contributed by atoms with van der Waals surface area (Å²) in [6, 6.07) is 6.17. The fourth-order valence-corrected chi connectivity index (χ4v) is 5.74. The van der Waals surface area contributed by atoms with Crippen molar-refractivity contribution in [3.63, 3.8) is 0 Å². The molecule has 0 aliphatic rings. The van der Waals surface area contributed by atoms with Crippen molar-refractivity contribution in [3.05, 3.63) is 82.7 Å². The number of benzene rings is 2. The standard InChI is InChI=1S/C28H34F2N4O5S/c1-4-8-34(9-5-2)27(37)21-11-18(3)10-20(15-21)26(36)33-24(14-19-12-22(29)16-23(30)13-19)25(35)17-40(38,39)28-31-6-7-32-28/h6-7,10-13,15-16,24-25,35H,4-5,8-9,14,17H2,1-3H3,(H,31,32)(H,33,36). The quantitative estimate of drug-likeness (QED) is 0.286. The molecule has 0 spiro atoms. The van der Waals surface area contributed by atoms with Crippen LogP contribution in [-0.2, 0) is 16.3 Å². The van der Waals surface area contributed by atoms with Gasteiger partial charge in [-0.2, -0.15) is 0 Å². The summed E-state index contributed by atoms with van der Waals surface area (Å²) in [7, 11) is -4.08. The number of nitrogens with one attached hydrogen (secondary N) is 2. The Morgan fingerprint density at radius 1 is 1.02 bits per heavy atom. The van der Waals surface area contributed by atoms with Crippen LogP contribution in [0, 0.1) is 18.6 Å². The number of sulfone groups is 1. The molecule has 0 aliphatic carbocycles. The molecule has 0 bridgehead atoms. The molecule has 3 rings (SSSR count). The number of hydrogen-bond acceptors (Lipinski definition) is 6. The average molecular weight is 577 g/mol.